The van der Waals surface area contributed by atoms with Crippen LogP contribution in [-0.2, 0) is 9.53 Å². The van der Waals surface area contributed by atoms with Gasteiger partial charge in [0.2, 0.25) is 5.91 Å². The number of halogens is 1. The van der Waals surface area contributed by atoms with Crippen molar-refractivity contribution in [3.8, 4) is 0 Å². The molecule has 2 rings (SSSR count). The SMILES string of the molecule is COCCC1(CNCC(=O)Nc2ccc(F)cc2)CC1. The van der Waals surface area contributed by atoms with Gasteiger partial charge < -0.3 is 15.4 Å². The first kappa shape index (κ1) is 14.9. The molecule has 0 saturated heterocycles. The van der Waals surface area contributed by atoms with E-state index in [4.69, 9.17) is 4.74 Å². The first-order valence-corrected chi connectivity index (χ1v) is 6.89. The first-order chi connectivity index (χ1) is 9.63. The summed E-state index contributed by atoms with van der Waals surface area (Å²) < 4.78 is 17.8. The maximum Gasteiger partial charge on any atom is 0.238 e. The van der Waals surface area contributed by atoms with Gasteiger partial charge in [-0.05, 0) is 48.9 Å². The molecule has 0 spiro atoms. The third-order valence-corrected chi connectivity index (χ3v) is 3.71. The van der Waals surface area contributed by atoms with Crippen molar-refractivity contribution in [2.75, 3.05) is 32.1 Å². The second-order valence-electron chi connectivity index (χ2n) is 5.40. The van der Waals surface area contributed by atoms with E-state index >= 15 is 0 Å². The zero-order valence-corrected chi connectivity index (χ0v) is 11.7. The number of carbonyl (C=O) groups is 1. The topological polar surface area (TPSA) is 50.4 Å². The number of ether oxygens (including phenoxy) is 1. The molecule has 0 bridgehead atoms. The number of benzene rings is 1. The largest absolute Gasteiger partial charge is 0.385 e. The van der Waals surface area contributed by atoms with Crippen molar-refractivity contribution in [1.29, 1.82) is 0 Å². The van der Waals surface area contributed by atoms with Gasteiger partial charge in [-0.3, -0.25) is 4.79 Å². The Balaban J connectivity index is 1.66. The molecule has 1 saturated carbocycles. The number of amides is 1. The van der Waals surface area contributed by atoms with E-state index in [0.29, 0.717) is 11.1 Å². The zero-order valence-electron chi connectivity index (χ0n) is 11.7. The summed E-state index contributed by atoms with van der Waals surface area (Å²) in [5.41, 5.74) is 0.935. The molecule has 2 N–H and O–H groups in total. The molecule has 110 valence electrons. The Bertz CT molecular complexity index is 444. The molecule has 1 amide bonds. The summed E-state index contributed by atoms with van der Waals surface area (Å²) >= 11 is 0. The van der Waals surface area contributed by atoms with Gasteiger partial charge in [0.1, 0.15) is 5.82 Å². The van der Waals surface area contributed by atoms with E-state index in [-0.39, 0.29) is 18.3 Å². The van der Waals surface area contributed by atoms with Crippen LogP contribution in [0, 0.1) is 11.2 Å². The van der Waals surface area contributed by atoms with E-state index in [2.05, 4.69) is 10.6 Å². The van der Waals surface area contributed by atoms with E-state index in [9.17, 15) is 9.18 Å². The molecule has 20 heavy (non-hydrogen) atoms. The summed E-state index contributed by atoms with van der Waals surface area (Å²) in [4.78, 5) is 11.7. The molecular formula is C15H21FN2O2. The molecule has 0 heterocycles. The van der Waals surface area contributed by atoms with Gasteiger partial charge >= 0.3 is 0 Å². The molecule has 0 unspecified atom stereocenters. The lowest BCUT2D eigenvalue weighted by Gasteiger charge is -2.15. The van der Waals surface area contributed by atoms with Crippen LogP contribution in [-0.4, -0.2) is 32.7 Å². The molecule has 1 aromatic carbocycles. The van der Waals surface area contributed by atoms with Gasteiger partial charge in [0, 0.05) is 25.9 Å². The van der Waals surface area contributed by atoms with Gasteiger partial charge in [-0.2, -0.15) is 0 Å². The van der Waals surface area contributed by atoms with Gasteiger partial charge in [0.25, 0.3) is 0 Å². The normalized spacial score (nSPS) is 15.9. The van der Waals surface area contributed by atoms with E-state index < -0.39 is 0 Å². The van der Waals surface area contributed by atoms with Crippen LogP contribution >= 0.6 is 0 Å². The number of hydrogen-bond donors (Lipinski definition) is 2. The number of rotatable bonds is 8. The van der Waals surface area contributed by atoms with Gasteiger partial charge in [-0.1, -0.05) is 0 Å². The molecule has 0 atom stereocenters. The molecule has 1 aliphatic rings. The number of anilines is 1. The molecule has 4 nitrogen and oxygen atoms in total. The third kappa shape index (κ3) is 4.58. The Morgan fingerprint density at radius 1 is 1.35 bits per heavy atom. The van der Waals surface area contributed by atoms with Crippen molar-refractivity contribution in [3.05, 3.63) is 30.1 Å². The van der Waals surface area contributed by atoms with E-state index in [1.165, 1.54) is 25.0 Å². The molecule has 1 aliphatic carbocycles. The lowest BCUT2D eigenvalue weighted by molar-refractivity contribution is -0.115. The molecule has 0 aliphatic heterocycles. The van der Waals surface area contributed by atoms with Crippen molar-refractivity contribution in [2.45, 2.75) is 19.3 Å². The highest BCUT2D eigenvalue weighted by Crippen LogP contribution is 2.48. The average molecular weight is 280 g/mol. The monoisotopic (exact) mass is 280 g/mol. The maximum atomic E-state index is 12.7. The third-order valence-electron chi connectivity index (χ3n) is 3.71. The fourth-order valence-corrected chi connectivity index (χ4v) is 2.19. The summed E-state index contributed by atoms with van der Waals surface area (Å²) in [6, 6.07) is 5.75. The van der Waals surface area contributed by atoms with Crippen LogP contribution in [0.25, 0.3) is 0 Å². The molecule has 1 fully saturated rings. The minimum absolute atomic E-state index is 0.112. The van der Waals surface area contributed by atoms with Gasteiger partial charge in [-0.15, -0.1) is 0 Å². The first-order valence-electron chi connectivity index (χ1n) is 6.89. The highest BCUT2D eigenvalue weighted by Gasteiger charge is 2.41. The van der Waals surface area contributed by atoms with Crippen LogP contribution in [0.2, 0.25) is 0 Å². The number of hydrogen-bond acceptors (Lipinski definition) is 3. The summed E-state index contributed by atoms with van der Waals surface area (Å²) in [7, 11) is 1.71. The van der Waals surface area contributed by atoms with E-state index in [0.717, 1.165) is 19.6 Å². The van der Waals surface area contributed by atoms with Crippen molar-refractivity contribution < 1.29 is 13.9 Å². The van der Waals surface area contributed by atoms with Crippen LogP contribution in [0.1, 0.15) is 19.3 Å². The van der Waals surface area contributed by atoms with E-state index in [1.807, 2.05) is 0 Å². The standard InChI is InChI=1S/C15H21FN2O2/c1-20-9-8-15(6-7-15)11-17-10-14(19)18-13-4-2-12(16)3-5-13/h2-5,17H,6-11H2,1H3,(H,18,19). The Labute approximate surface area is 118 Å². The minimum atomic E-state index is -0.310. The molecule has 0 aromatic heterocycles. The highest BCUT2D eigenvalue weighted by molar-refractivity contribution is 5.92. The highest BCUT2D eigenvalue weighted by atomic mass is 19.1. The smallest absolute Gasteiger partial charge is 0.238 e. The molecule has 5 heteroatoms. The van der Waals surface area contributed by atoms with Crippen molar-refractivity contribution in [2.24, 2.45) is 5.41 Å². The van der Waals surface area contributed by atoms with E-state index in [1.54, 1.807) is 19.2 Å². The predicted molar refractivity (Wildman–Crippen MR) is 76.1 cm³/mol. The minimum Gasteiger partial charge on any atom is -0.385 e. The van der Waals surface area contributed by atoms with Crippen molar-refractivity contribution in [1.82, 2.24) is 5.32 Å². The fraction of sp³-hybridized carbons (Fsp3) is 0.533. The summed E-state index contributed by atoms with van der Waals surface area (Å²) in [5, 5.41) is 5.91. The van der Waals surface area contributed by atoms with Crippen LogP contribution in [0.5, 0.6) is 0 Å². The lowest BCUT2D eigenvalue weighted by atomic mass is 10.0. The van der Waals surface area contributed by atoms with Crippen LogP contribution in [0.4, 0.5) is 10.1 Å². The van der Waals surface area contributed by atoms with Crippen LogP contribution in [0.3, 0.4) is 0 Å². The Hall–Kier alpha value is -1.46. The zero-order chi connectivity index (χ0) is 14.4. The summed E-state index contributed by atoms with van der Waals surface area (Å²) in [6.45, 7) is 1.88. The fourth-order valence-electron chi connectivity index (χ4n) is 2.19. The average Bonchev–Trinajstić information content (AvgIpc) is 3.20. The Morgan fingerprint density at radius 3 is 2.65 bits per heavy atom. The van der Waals surface area contributed by atoms with Gasteiger partial charge in [0.05, 0.1) is 6.54 Å². The number of nitrogens with one attached hydrogen (secondary N) is 2. The van der Waals surface area contributed by atoms with Crippen molar-refractivity contribution in [3.63, 3.8) is 0 Å². The van der Waals surface area contributed by atoms with Crippen LogP contribution in [0.15, 0.2) is 24.3 Å². The second-order valence-corrected chi connectivity index (χ2v) is 5.40. The predicted octanol–water partition coefficient (Wildman–Crippen LogP) is 2.17. The maximum absolute atomic E-state index is 12.7. The Morgan fingerprint density at radius 2 is 2.05 bits per heavy atom. The summed E-state index contributed by atoms with van der Waals surface area (Å²) in [5.74, 6) is -0.422. The second kappa shape index (κ2) is 6.81. The Kier molecular flexibility index (Phi) is 5.09. The summed E-state index contributed by atoms with van der Waals surface area (Å²) in [6.07, 6.45) is 3.43. The number of methoxy groups -OCH3 is 1. The molecule has 1 aromatic rings. The van der Waals surface area contributed by atoms with Gasteiger partial charge in [0.15, 0.2) is 0 Å². The quantitative estimate of drug-likeness (QED) is 0.767. The lowest BCUT2D eigenvalue weighted by Crippen LogP contribution is -2.32. The molecular weight excluding hydrogens is 259 g/mol. The van der Waals surface area contributed by atoms with Crippen molar-refractivity contribution >= 4 is 11.6 Å². The van der Waals surface area contributed by atoms with Crippen LogP contribution < -0.4 is 10.6 Å². The van der Waals surface area contributed by atoms with Gasteiger partial charge in [-0.25, -0.2) is 4.39 Å². The molecule has 0 radical (unpaired) electrons. The number of carbonyl (C=O) groups excluding carboxylic acids is 1.